The van der Waals surface area contributed by atoms with Crippen LogP contribution in [0.25, 0.3) is 0 Å². The molecule has 364 valence electrons. The van der Waals surface area contributed by atoms with E-state index in [1.54, 1.807) is 6.26 Å². The van der Waals surface area contributed by atoms with Crippen LogP contribution in [0.3, 0.4) is 0 Å². The van der Waals surface area contributed by atoms with Gasteiger partial charge in [-0.1, -0.05) is 0 Å². The van der Waals surface area contributed by atoms with Crippen LogP contribution in [0.15, 0.2) is 12.2 Å². The van der Waals surface area contributed by atoms with Gasteiger partial charge in [0.15, 0.2) is 11.9 Å². The van der Waals surface area contributed by atoms with Gasteiger partial charge in [-0.15, -0.1) is 0 Å². The largest absolute Gasteiger partial charge is 0.481 e. The molecule has 29 heteroatoms. The summed E-state index contributed by atoms with van der Waals surface area (Å²) in [5.41, 5.74) is 21.4. The molecule has 0 heterocycles. The second kappa shape index (κ2) is 31.6. The monoisotopic (exact) mass is 944 g/mol. The van der Waals surface area contributed by atoms with Crippen molar-refractivity contribution in [1.82, 2.24) is 42.5 Å². The molecule has 0 aromatic carbocycles. The lowest BCUT2D eigenvalue weighted by Gasteiger charge is -2.27. The number of hydrogen-bond acceptors (Lipinski definition) is 14. The van der Waals surface area contributed by atoms with Crippen molar-refractivity contribution in [3.8, 4) is 0 Å². The number of nitrogens with two attached hydrogens (primary N) is 4. The van der Waals surface area contributed by atoms with Crippen molar-refractivity contribution in [2.45, 2.75) is 107 Å². The van der Waals surface area contributed by atoms with Gasteiger partial charge in [0.2, 0.25) is 47.3 Å². The molecule has 6 atom stereocenters. The van der Waals surface area contributed by atoms with Gasteiger partial charge < -0.3 is 80.8 Å². The minimum Gasteiger partial charge on any atom is -0.481 e. The van der Waals surface area contributed by atoms with Gasteiger partial charge in [-0.3, -0.25) is 58.8 Å². The Morgan fingerprint density at radius 1 is 0.508 bits per heavy atom. The quantitative estimate of drug-likeness (QED) is 0.0124. The lowest BCUT2D eigenvalue weighted by Crippen LogP contribution is -2.59. The van der Waals surface area contributed by atoms with E-state index in [4.69, 9.17) is 44.0 Å². The molecule has 28 nitrogen and oxygen atoms in total. The third-order valence-corrected chi connectivity index (χ3v) is 9.40. The van der Waals surface area contributed by atoms with Gasteiger partial charge in [0.05, 0.1) is 0 Å². The van der Waals surface area contributed by atoms with Gasteiger partial charge in [-0.25, -0.2) is 4.79 Å². The van der Waals surface area contributed by atoms with E-state index in [9.17, 15) is 57.8 Å². The van der Waals surface area contributed by atoms with Crippen molar-refractivity contribution in [3.05, 3.63) is 12.2 Å². The van der Waals surface area contributed by atoms with Crippen molar-refractivity contribution in [1.29, 1.82) is 10.8 Å². The summed E-state index contributed by atoms with van der Waals surface area (Å²) in [5.74, 6) is -12.9. The molecule has 0 bridgehead atoms. The van der Waals surface area contributed by atoms with Gasteiger partial charge in [0, 0.05) is 44.5 Å². The molecule has 0 saturated carbocycles. The number of carboxylic acids is 3. The Morgan fingerprint density at radius 2 is 0.862 bits per heavy atom. The summed E-state index contributed by atoms with van der Waals surface area (Å²) in [7, 11) is 0. The fourth-order valence-corrected chi connectivity index (χ4v) is 5.95. The van der Waals surface area contributed by atoms with E-state index in [0.29, 0.717) is 12.2 Å². The zero-order chi connectivity index (χ0) is 49.6. The summed E-state index contributed by atoms with van der Waals surface area (Å²) < 4.78 is 0. The molecule has 0 aliphatic carbocycles. The van der Waals surface area contributed by atoms with Crippen molar-refractivity contribution >= 4 is 88.8 Å². The van der Waals surface area contributed by atoms with Crippen molar-refractivity contribution < 1.29 is 68.1 Å². The van der Waals surface area contributed by atoms with E-state index in [1.165, 1.54) is 11.8 Å². The summed E-state index contributed by atoms with van der Waals surface area (Å²) in [6.45, 7) is 0.229. The van der Waals surface area contributed by atoms with Crippen molar-refractivity contribution in [2.75, 3.05) is 25.1 Å². The first-order chi connectivity index (χ1) is 30.5. The number of thioether (sulfide) groups is 1. The molecular weight excluding hydrogens is 885 g/mol. The van der Waals surface area contributed by atoms with Gasteiger partial charge in [0.1, 0.15) is 36.3 Å². The number of aliphatic carboxylic acids is 3. The topological polar surface area (TPSA) is 496 Å². The molecule has 0 spiro atoms. The minimum atomic E-state index is -1.72. The van der Waals surface area contributed by atoms with Crippen LogP contribution in [0.4, 0.5) is 0 Å². The molecule has 0 saturated heterocycles. The van der Waals surface area contributed by atoms with E-state index in [-0.39, 0.29) is 62.9 Å². The van der Waals surface area contributed by atoms with Crippen LogP contribution >= 0.6 is 11.8 Å². The smallest absolute Gasteiger partial charge is 0.328 e. The molecular formula is C36H60N14O14S. The molecule has 0 aromatic heterocycles. The zero-order valence-corrected chi connectivity index (χ0v) is 36.4. The fraction of sp³-hybridized carbons (Fsp3) is 0.583. The molecule has 0 aromatic rings. The number of hydrogen-bond donors (Lipinski definition) is 17. The van der Waals surface area contributed by atoms with Crippen LogP contribution in [-0.4, -0.2) is 154 Å². The van der Waals surface area contributed by atoms with E-state index in [2.05, 4.69) is 42.5 Å². The molecule has 8 amide bonds. The molecule has 0 fully saturated rings. The van der Waals surface area contributed by atoms with Crippen molar-refractivity contribution in [2.24, 2.45) is 22.9 Å². The fourth-order valence-electron chi connectivity index (χ4n) is 5.47. The number of rotatable bonds is 34. The average molecular weight is 945 g/mol. The number of primary amides is 2. The van der Waals surface area contributed by atoms with Crippen LogP contribution in [0, 0.1) is 10.8 Å². The normalized spacial score (nSPS) is 13.5. The van der Waals surface area contributed by atoms with E-state index < -0.39 is 140 Å². The Morgan fingerprint density at radius 3 is 1.22 bits per heavy atom. The number of guanidine groups is 2. The first-order valence-electron chi connectivity index (χ1n) is 19.9. The number of carbonyl (C=O) groups excluding carboxylic acids is 8. The van der Waals surface area contributed by atoms with Crippen LogP contribution < -0.4 is 65.5 Å². The third kappa shape index (κ3) is 27.5. The summed E-state index contributed by atoms with van der Waals surface area (Å²) in [4.78, 5) is 138. The molecule has 0 unspecified atom stereocenters. The number of nitrogens with one attached hydrogen (secondary N) is 10. The van der Waals surface area contributed by atoms with Gasteiger partial charge in [0.25, 0.3) is 0 Å². The third-order valence-electron chi connectivity index (χ3n) is 8.76. The molecule has 0 radical (unpaired) electrons. The second-order valence-corrected chi connectivity index (χ2v) is 15.0. The average Bonchev–Trinajstić information content (AvgIpc) is 3.21. The molecule has 0 rings (SSSR count). The summed E-state index contributed by atoms with van der Waals surface area (Å²) in [5, 5.41) is 61.1. The highest BCUT2D eigenvalue weighted by molar-refractivity contribution is 7.98. The maximum Gasteiger partial charge on any atom is 0.328 e. The number of carboxylic acid groups (broad SMARTS) is 3. The highest BCUT2D eigenvalue weighted by atomic mass is 32.2. The molecule has 21 N–H and O–H groups in total. The first kappa shape index (κ1) is 57.8. The van der Waals surface area contributed by atoms with E-state index in [0.717, 1.165) is 0 Å². The number of carbonyl (C=O) groups is 11. The lowest BCUT2D eigenvalue weighted by atomic mass is 10.0. The van der Waals surface area contributed by atoms with Crippen LogP contribution in [0.2, 0.25) is 0 Å². The number of amides is 8. The maximum atomic E-state index is 13.9. The van der Waals surface area contributed by atoms with Crippen molar-refractivity contribution in [3.63, 3.8) is 0 Å². The Hall–Kier alpha value is -7.20. The Balaban J connectivity index is 6.60. The lowest BCUT2D eigenvalue weighted by molar-refractivity contribution is -0.140. The minimum absolute atomic E-state index is 0.00324. The highest BCUT2D eigenvalue weighted by Crippen LogP contribution is 2.09. The highest BCUT2D eigenvalue weighted by Gasteiger charge is 2.33. The Labute approximate surface area is 376 Å². The van der Waals surface area contributed by atoms with E-state index in [1.807, 2.05) is 0 Å². The van der Waals surface area contributed by atoms with E-state index >= 15 is 0 Å². The second-order valence-electron chi connectivity index (χ2n) is 14.1. The summed E-state index contributed by atoms with van der Waals surface area (Å²) in [6, 6.07) is -9.14. The van der Waals surface area contributed by atoms with Gasteiger partial charge in [-0.2, -0.15) is 11.8 Å². The Bertz CT molecular complexity index is 1770. The standard InChI is InChI=1S/C36H60N14O14S/c1-65-17-14-23(50-33(63)22(8-12-27(55)56)49-31(61)20(7-11-26(53)54)45-25(52)10-13-28(57)58)34(64)48-21(6-9-24(37)51)32(62)47-19(5-3-16-44-36(41)42)30(60)46-18(29(38)59)4-2-15-43-35(39)40/h10,13,18-23H,2-9,11-12,14-17H2,1H3,(H2,37,51)(H2,38,59)(H,45,52)(H,46,60)(H,47,62)(H,48,64)(H,49,61)(H,50,63)(H,53,54)(H,55,56)(H,57,58)(H4,39,40,43)(H4,41,42,44)/b13-10+/t18-,19-,20-,21-,22-,23-/m0/s1. The van der Waals surface area contributed by atoms with Crippen LogP contribution in [-0.2, 0) is 52.7 Å². The van der Waals surface area contributed by atoms with Crippen LogP contribution in [0.5, 0.6) is 0 Å². The molecule has 65 heavy (non-hydrogen) atoms. The van der Waals surface area contributed by atoms with Gasteiger partial charge >= 0.3 is 17.9 Å². The predicted molar refractivity (Wildman–Crippen MR) is 231 cm³/mol. The first-order valence-corrected chi connectivity index (χ1v) is 21.3. The SMILES string of the molecule is CSCC[C@H](NC(=O)[C@H](CCC(=O)O)NC(=O)[C@H](CCC(=O)O)NC(=O)/C=C/C(=O)O)C(=O)N[C@@H](CCC(N)=O)C(=O)N[C@@H](CCCNC(=N)N)C(=O)N[C@@H](CCCNC(=N)N)C(N)=O. The Kier molecular flexibility index (Phi) is 28.1. The molecule has 0 aliphatic heterocycles. The zero-order valence-electron chi connectivity index (χ0n) is 35.6. The van der Waals surface area contributed by atoms with Crippen LogP contribution in [0.1, 0.15) is 70.6 Å². The summed E-state index contributed by atoms with van der Waals surface area (Å²) >= 11 is 1.24. The summed E-state index contributed by atoms with van der Waals surface area (Å²) in [6.07, 6.45) is -0.634. The predicted octanol–water partition coefficient (Wildman–Crippen LogP) is -5.70. The molecule has 0 aliphatic rings. The maximum absolute atomic E-state index is 13.9. The van der Waals surface area contributed by atoms with Gasteiger partial charge in [-0.05, 0) is 63.4 Å².